The number of fused-ring (bicyclic) bond motifs is 1. The van der Waals surface area contributed by atoms with Gasteiger partial charge in [0.2, 0.25) is 5.91 Å². The van der Waals surface area contributed by atoms with Crippen molar-refractivity contribution in [1.82, 2.24) is 9.97 Å². The maximum absolute atomic E-state index is 12.9. The molecule has 0 radical (unpaired) electrons. The zero-order valence-corrected chi connectivity index (χ0v) is 17.4. The second-order valence-corrected chi connectivity index (χ2v) is 8.10. The number of amides is 1. The molecule has 2 heterocycles. The van der Waals surface area contributed by atoms with E-state index in [0.29, 0.717) is 27.8 Å². The first-order valence-corrected chi connectivity index (χ1v) is 10.4. The normalized spacial score (nSPS) is 15.4. The fourth-order valence-corrected chi connectivity index (χ4v) is 4.32. The number of H-pyrrole nitrogens is 1. The van der Waals surface area contributed by atoms with E-state index < -0.39 is 5.92 Å². The summed E-state index contributed by atoms with van der Waals surface area (Å²) >= 11 is 1.40. The highest BCUT2D eigenvalue weighted by molar-refractivity contribution is 7.98. The summed E-state index contributed by atoms with van der Waals surface area (Å²) in [5.74, 6) is 0.628. The molecular formula is C22H21N3O4S. The van der Waals surface area contributed by atoms with Gasteiger partial charge in [0.1, 0.15) is 17.3 Å². The van der Waals surface area contributed by atoms with Crippen LogP contribution >= 0.6 is 11.8 Å². The van der Waals surface area contributed by atoms with Crippen molar-refractivity contribution in [1.29, 1.82) is 0 Å². The SMILES string of the molecule is COc1cc(O)ccc1[C@@H]1CC(=O)Nc2nc(SCc3ccc(C)cc3)[nH]c(=O)c21. The van der Waals surface area contributed by atoms with Crippen LogP contribution in [0.2, 0.25) is 0 Å². The third-order valence-corrected chi connectivity index (χ3v) is 5.96. The molecule has 154 valence electrons. The van der Waals surface area contributed by atoms with Crippen LogP contribution in [0.3, 0.4) is 0 Å². The summed E-state index contributed by atoms with van der Waals surface area (Å²) in [6.45, 7) is 2.03. The highest BCUT2D eigenvalue weighted by Crippen LogP contribution is 2.39. The monoisotopic (exact) mass is 423 g/mol. The van der Waals surface area contributed by atoms with Crippen LogP contribution in [0, 0.1) is 6.92 Å². The molecule has 4 rings (SSSR count). The molecule has 1 aromatic heterocycles. The summed E-state index contributed by atoms with van der Waals surface area (Å²) in [5.41, 5.74) is 3.03. The van der Waals surface area contributed by atoms with E-state index in [0.717, 1.165) is 5.56 Å². The average Bonchev–Trinajstić information content (AvgIpc) is 2.72. The molecule has 2 aromatic carbocycles. The molecule has 8 heteroatoms. The Hall–Kier alpha value is -3.26. The quantitative estimate of drug-likeness (QED) is 0.428. The minimum atomic E-state index is -0.517. The Bertz CT molecular complexity index is 1160. The molecule has 0 unspecified atom stereocenters. The fraction of sp³-hybridized carbons (Fsp3) is 0.227. The zero-order chi connectivity index (χ0) is 21.3. The molecule has 0 saturated carbocycles. The molecule has 1 amide bonds. The van der Waals surface area contributed by atoms with E-state index in [4.69, 9.17) is 4.74 Å². The molecule has 0 aliphatic carbocycles. The van der Waals surface area contributed by atoms with Gasteiger partial charge in [0.25, 0.3) is 5.56 Å². The lowest BCUT2D eigenvalue weighted by Crippen LogP contribution is -2.31. The number of thioether (sulfide) groups is 1. The van der Waals surface area contributed by atoms with Crippen LogP contribution < -0.4 is 15.6 Å². The maximum atomic E-state index is 12.9. The number of nitrogens with one attached hydrogen (secondary N) is 2. The van der Waals surface area contributed by atoms with Crippen LogP contribution in [0.4, 0.5) is 5.82 Å². The number of hydrogen-bond donors (Lipinski definition) is 3. The number of ether oxygens (including phenoxy) is 1. The van der Waals surface area contributed by atoms with E-state index in [-0.39, 0.29) is 29.5 Å². The van der Waals surface area contributed by atoms with Gasteiger partial charge in [-0.15, -0.1) is 0 Å². The number of aromatic hydroxyl groups is 1. The second-order valence-electron chi connectivity index (χ2n) is 7.14. The number of benzene rings is 2. The number of methoxy groups -OCH3 is 1. The van der Waals surface area contributed by atoms with Crippen molar-refractivity contribution in [3.8, 4) is 11.5 Å². The topological polar surface area (TPSA) is 104 Å². The van der Waals surface area contributed by atoms with Crippen molar-refractivity contribution in [3.05, 3.63) is 75.1 Å². The van der Waals surface area contributed by atoms with E-state index in [1.165, 1.54) is 36.6 Å². The van der Waals surface area contributed by atoms with Gasteiger partial charge in [-0.25, -0.2) is 4.98 Å². The van der Waals surface area contributed by atoms with Gasteiger partial charge in [0.05, 0.1) is 12.7 Å². The van der Waals surface area contributed by atoms with Gasteiger partial charge in [-0.2, -0.15) is 0 Å². The van der Waals surface area contributed by atoms with Gasteiger partial charge in [-0.05, 0) is 18.6 Å². The number of aromatic nitrogens is 2. The summed E-state index contributed by atoms with van der Waals surface area (Å²) < 4.78 is 5.36. The predicted octanol–water partition coefficient (Wildman–Crippen LogP) is 3.56. The lowest BCUT2D eigenvalue weighted by Gasteiger charge is -2.25. The average molecular weight is 423 g/mol. The van der Waals surface area contributed by atoms with Crippen LogP contribution in [0.1, 0.15) is 34.6 Å². The number of anilines is 1. The Balaban J connectivity index is 1.68. The van der Waals surface area contributed by atoms with Gasteiger partial charge in [0.15, 0.2) is 5.16 Å². The van der Waals surface area contributed by atoms with Crippen LogP contribution in [0.25, 0.3) is 0 Å². The molecule has 1 atom stereocenters. The van der Waals surface area contributed by atoms with Gasteiger partial charge < -0.3 is 20.1 Å². The first-order chi connectivity index (χ1) is 14.4. The van der Waals surface area contributed by atoms with Crippen molar-refractivity contribution in [2.24, 2.45) is 0 Å². The Kier molecular flexibility index (Phi) is 5.50. The number of aryl methyl sites for hydroxylation is 1. The second kappa shape index (κ2) is 8.23. The molecule has 3 N–H and O–H groups in total. The summed E-state index contributed by atoms with van der Waals surface area (Å²) in [5, 5.41) is 12.9. The number of carbonyl (C=O) groups is 1. The Morgan fingerprint density at radius 3 is 2.70 bits per heavy atom. The van der Waals surface area contributed by atoms with Crippen molar-refractivity contribution in [3.63, 3.8) is 0 Å². The number of rotatable bonds is 5. The Labute approximate surface area is 177 Å². The first kappa shape index (κ1) is 20.0. The maximum Gasteiger partial charge on any atom is 0.257 e. The summed E-state index contributed by atoms with van der Waals surface area (Å²) in [4.78, 5) is 32.6. The Morgan fingerprint density at radius 1 is 1.20 bits per heavy atom. The van der Waals surface area contributed by atoms with E-state index in [9.17, 15) is 14.7 Å². The minimum Gasteiger partial charge on any atom is -0.508 e. The van der Waals surface area contributed by atoms with Crippen molar-refractivity contribution in [2.45, 2.75) is 30.2 Å². The number of phenols is 1. The molecule has 0 bridgehead atoms. The third-order valence-electron chi connectivity index (χ3n) is 5.02. The third kappa shape index (κ3) is 4.04. The minimum absolute atomic E-state index is 0.0472. The lowest BCUT2D eigenvalue weighted by atomic mass is 9.86. The molecular weight excluding hydrogens is 402 g/mol. The van der Waals surface area contributed by atoms with Crippen LogP contribution in [-0.4, -0.2) is 28.1 Å². The van der Waals surface area contributed by atoms with Crippen molar-refractivity contribution in [2.75, 3.05) is 12.4 Å². The molecule has 0 spiro atoms. The molecule has 30 heavy (non-hydrogen) atoms. The van der Waals surface area contributed by atoms with E-state index >= 15 is 0 Å². The number of phenolic OH excluding ortho intramolecular Hbond substituents is 1. The van der Waals surface area contributed by atoms with Crippen LogP contribution in [-0.2, 0) is 10.5 Å². The summed E-state index contributed by atoms with van der Waals surface area (Å²) in [7, 11) is 1.48. The fourth-order valence-electron chi connectivity index (χ4n) is 3.51. The van der Waals surface area contributed by atoms with Gasteiger partial charge in [-0.3, -0.25) is 9.59 Å². The van der Waals surface area contributed by atoms with Crippen molar-refractivity contribution < 1.29 is 14.6 Å². The number of carbonyl (C=O) groups excluding carboxylic acids is 1. The smallest absolute Gasteiger partial charge is 0.257 e. The molecule has 0 fully saturated rings. The highest BCUT2D eigenvalue weighted by Gasteiger charge is 2.32. The Morgan fingerprint density at radius 2 is 1.97 bits per heavy atom. The summed E-state index contributed by atoms with van der Waals surface area (Å²) in [6, 6.07) is 12.8. The zero-order valence-electron chi connectivity index (χ0n) is 16.6. The molecule has 0 saturated heterocycles. The molecule has 3 aromatic rings. The number of aromatic amines is 1. The standard InChI is InChI=1S/C22H21N3O4S/c1-12-3-5-13(6-4-12)11-30-22-24-20-19(21(28)25-22)16(10-18(27)23-20)15-8-7-14(26)9-17(15)29-2/h3-9,16,26H,10-11H2,1-2H3,(H2,23,24,25,27,28)/t16-/m0/s1. The number of nitrogens with zero attached hydrogens (tertiary/aromatic N) is 1. The van der Waals surface area contributed by atoms with Crippen LogP contribution in [0.5, 0.6) is 11.5 Å². The lowest BCUT2D eigenvalue weighted by molar-refractivity contribution is -0.116. The van der Waals surface area contributed by atoms with Gasteiger partial charge >= 0.3 is 0 Å². The van der Waals surface area contributed by atoms with Crippen LogP contribution in [0.15, 0.2) is 52.4 Å². The molecule has 1 aliphatic rings. The van der Waals surface area contributed by atoms with Crippen molar-refractivity contribution >= 4 is 23.5 Å². The predicted molar refractivity (Wildman–Crippen MR) is 115 cm³/mol. The van der Waals surface area contributed by atoms with E-state index in [2.05, 4.69) is 15.3 Å². The van der Waals surface area contributed by atoms with E-state index in [1.807, 2.05) is 31.2 Å². The molecule has 7 nitrogen and oxygen atoms in total. The first-order valence-electron chi connectivity index (χ1n) is 9.44. The van der Waals surface area contributed by atoms with Gasteiger partial charge in [-0.1, -0.05) is 47.7 Å². The highest BCUT2D eigenvalue weighted by atomic mass is 32.2. The summed E-state index contributed by atoms with van der Waals surface area (Å²) in [6.07, 6.45) is 0.0920. The van der Waals surface area contributed by atoms with E-state index in [1.54, 1.807) is 6.07 Å². The molecule has 1 aliphatic heterocycles. The number of hydrogen-bond acceptors (Lipinski definition) is 6. The van der Waals surface area contributed by atoms with Gasteiger partial charge in [0, 0.05) is 29.7 Å². The largest absolute Gasteiger partial charge is 0.508 e.